The molecule has 1 aromatic rings. The molecule has 0 aromatic carbocycles. The molecular weight excluding hydrogens is 444 g/mol. The van der Waals surface area contributed by atoms with Crippen molar-refractivity contribution in [3.05, 3.63) is 31.9 Å². The van der Waals surface area contributed by atoms with E-state index in [1.54, 1.807) is 23.4 Å². The van der Waals surface area contributed by atoms with Crippen molar-refractivity contribution in [2.75, 3.05) is 31.1 Å². The SMILES string of the molecule is Cc1c(/C=C2/SC(=S)N(CC3CCCO3)C2=O)c(N2CCCC(C)C2)n(C)c(=O)c1C#N. The number of anilines is 1. The van der Waals surface area contributed by atoms with Gasteiger partial charge >= 0.3 is 0 Å². The summed E-state index contributed by atoms with van der Waals surface area (Å²) in [6.07, 6.45) is 5.96. The lowest BCUT2D eigenvalue weighted by Crippen LogP contribution is -2.39. The zero-order chi connectivity index (χ0) is 23.0. The Kier molecular flexibility index (Phi) is 6.75. The number of nitriles is 1. The molecule has 0 N–H and O–H groups in total. The van der Waals surface area contributed by atoms with Gasteiger partial charge in [-0.2, -0.15) is 5.26 Å². The fourth-order valence-electron chi connectivity index (χ4n) is 4.76. The molecule has 0 radical (unpaired) electrons. The van der Waals surface area contributed by atoms with Crippen LogP contribution in [0.5, 0.6) is 0 Å². The molecule has 170 valence electrons. The Hall–Kier alpha value is -2.15. The van der Waals surface area contributed by atoms with Crippen LogP contribution in [0.25, 0.3) is 6.08 Å². The van der Waals surface area contributed by atoms with E-state index in [1.165, 1.54) is 11.8 Å². The van der Waals surface area contributed by atoms with Crippen LogP contribution in [-0.2, 0) is 16.6 Å². The van der Waals surface area contributed by atoms with Crippen LogP contribution < -0.4 is 10.5 Å². The molecule has 3 aliphatic heterocycles. The number of nitrogens with zero attached hydrogens (tertiary/aromatic N) is 4. The number of hydrogen-bond acceptors (Lipinski definition) is 7. The van der Waals surface area contributed by atoms with Crippen molar-refractivity contribution >= 4 is 46.1 Å². The molecule has 0 aliphatic carbocycles. The summed E-state index contributed by atoms with van der Waals surface area (Å²) in [6.45, 7) is 6.85. The van der Waals surface area contributed by atoms with Gasteiger partial charge in [0.25, 0.3) is 11.5 Å². The van der Waals surface area contributed by atoms with E-state index in [1.807, 2.05) is 6.08 Å². The lowest BCUT2D eigenvalue weighted by atomic mass is 9.98. The van der Waals surface area contributed by atoms with Crippen LogP contribution in [0.4, 0.5) is 5.82 Å². The lowest BCUT2D eigenvalue weighted by molar-refractivity contribution is -0.123. The van der Waals surface area contributed by atoms with Gasteiger partial charge in [0.15, 0.2) is 0 Å². The summed E-state index contributed by atoms with van der Waals surface area (Å²) in [6, 6.07) is 2.06. The second kappa shape index (κ2) is 9.38. The minimum atomic E-state index is -0.304. The molecule has 9 heteroatoms. The highest BCUT2D eigenvalue weighted by Gasteiger charge is 2.35. The highest BCUT2D eigenvalue weighted by molar-refractivity contribution is 8.26. The first kappa shape index (κ1) is 23.0. The summed E-state index contributed by atoms with van der Waals surface area (Å²) in [5, 5.41) is 9.64. The van der Waals surface area contributed by atoms with Gasteiger partial charge in [0.1, 0.15) is 21.8 Å². The van der Waals surface area contributed by atoms with E-state index in [0.717, 1.165) is 56.8 Å². The Morgan fingerprint density at radius 2 is 2.09 bits per heavy atom. The molecule has 0 bridgehead atoms. The molecule has 4 heterocycles. The highest BCUT2D eigenvalue weighted by Crippen LogP contribution is 2.37. The third kappa shape index (κ3) is 4.24. The summed E-state index contributed by atoms with van der Waals surface area (Å²) in [4.78, 5) is 30.5. The van der Waals surface area contributed by atoms with Crippen molar-refractivity contribution in [3.63, 3.8) is 0 Å². The Bertz CT molecular complexity index is 1080. The van der Waals surface area contributed by atoms with Gasteiger partial charge < -0.3 is 9.64 Å². The molecule has 0 saturated carbocycles. The van der Waals surface area contributed by atoms with Gasteiger partial charge in [-0.3, -0.25) is 19.1 Å². The lowest BCUT2D eigenvalue weighted by Gasteiger charge is -2.35. The van der Waals surface area contributed by atoms with Crippen molar-refractivity contribution in [2.45, 2.75) is 45.6 Å². The van der Waals surface area contributed by atoms with Crippen molar-refractivity contribution < 1.29 is 9.53 Å². The number of pyridine rings is 1. The van der Waals surface area contributed by atoms with Crippen LogP contribution in [0.3, 0.4) is 0 Å². The number of aromatic nitrogens is 1. The van der Waals surface area contributed by atoms with Crippen LogP contribution in [0, 0.1) is 24.2 Å². The maximum atomic E-state index is 13.2. The molecule has 1 aromatic heterocycles. The zero-order valence-corrected chi connectivity index (χ0v) is 20.4. The van der Waals surface area contributed by atoms with E-state index in [2.05, 4.69) is 17.9 Å². The molecular formula is C23H28N4O3S2. The van der Waals surface area contributed by atoms with E-state index in [-0.39, 0.29) is 23.1 Å². The average Bonchev–Trinajstić information content (AvgIpc) is 3.37. The highest BCUT2D eigenvalue weighted by atomic mass is 32.2. The first-order chi connectivity index (χ1) is 15.3. The largest absolute Gasteiger partial charge is 0.376 e. The number of amides is 1. The molecule has 32 heavy (non-hydrogen) atoms. The van der Waals surface area contributed by atoms with E-state index in [4.69, 9.17) is 17.0 Å². The number of carbonyl (C=O) groups excluding carboxylic acids is 1. The van der Waals surface area contributed by atoms with Gasteiger partial charge in [-0.15, -0.1) is 0 Å². The first-order valence-corrected chi connectivity index (χ1v) is 12.3. The minimum absolute atomic E-state index is 0.0201. The van der Waals surface area contributed by atoms with Crippen LogP contribution in [0.1, 0.15) is 49.3 Å². The van der Waals surface area contributed by atoms with Crippen LogP contribution in [0.15, 0.2) is 9.70 Å². The molecule has 4 rings (SSSR count). The van der Waals surface area contributed by atoms with E-state index in [9.17, 15) is 14.9 Å². The number of thioether (sulfide) groups is 1. The Labute approximate surface area is 198 Å². The van der Waals surface area contributed by atoms with E-state index >= 15 is 0 Å². The van der Waals surface area contributed by atoms with Crippen molar-refractivity contribution in [1.29, 1.82) is 5.26 Å². The van der Waals surface area contributed by atoms with Gasteiger partial charge in [0, 0.05) is 32.3 Å². The van der Waals surface area contributed by atoms with Gasteiger partial charge in [-0.25, -0.2) is 0 Å². The molecule has 2 atom stereocenters. The predicted octanol–water partition coefficient (Wildman–Crippen LogP) is 3.18. The number of carbonyl (C=O) groups is 1. The third-order valence-corrected chi connectivity index (χ3v) is 7.86. The second-order valence-electron chi connectivity index (χ2n) is 8.83. The summed E-state index contributed by atoms with van der Waals surface area (Å²) < 4.78 is 7.77. The quantitative estimate of drug-likeness (QED) is 0.492. The smallest absolute Gasteiger partial charge is 0.270 e. The summed E-state index contributed by atoms with van der Waals surface area (Å²) in [5.41, 5.74) is 1.16. The fraction of sp³-hybridized carbons (Fsp3) is 0.565. The molecule has 7 nitrogen and oxygen atoms in total. The molecule has 3 saturated heterocycles. The fourth-order valence-corrected chi connectivity index (χ4v) is 6.01. The van der Waals surface area contributed by atoms with Crippen molar-refractivity contribution in [3.8, 4) is 6.07 Å². The molecule has 1 amide bonds. The molecule has 0 spiro atoms. The number of hydrogen-bond donors (Lipinski definition) is 0. The standard InChI is InChI=1S/C23H28N4O3S2/c1-14-6-4-8-26(12-14)20-17(15(2)18(11-24)21(28)25(20)3)10-19-22(29)27(23(31)32-19)13-16-7-5-9-30-16/h10,14,16H,4-9,12-13H2,1-3H3/b19-10+. The van der Waals surface area contributed by atoms with E-state index in [0.29, 0.717) is 27.3 Å². The maximum absolute atomic E-state index is 13.2. The van der Waals surface area contributed by atoms with E-state index < -0.39 is 0 Å². The van der Waals surface area contributed by atoms with Crippen LogP contribution >= 0.6 is 24.0 Å². The Balaban J connectivity index is 1.77. The topological polar surface area (TPSA) is 78.6 Å². The second-order valence-corrected chi connectivity index (χ2v) is 10.5. The van der Waals surface area contributed by atoms with Crippen LogP contribution in [0.2, 0.25) is 0 Å². The number of thiocarbonyl (C=S) groups is 1. The van der Waals surface area contributed by atoms with Crippen molar-refractivity contribution in [2.24, 2.45) is 13.0 Å². The summed E-state index contributed by atoms with van der Waals surface area (Å²) in [7, 11) is 1.71. The van der Waals surface area contributed by atoms with Gasteiger partial charge in [0.2, 0.25) is 0 Å². The zero-order valence-electron chi connectivity index (χ0n) is 18.7. The minimum Gasteiger partial charge on any atom is -0.376 e. The summed E-state index contributed by atoms with van der Waals surface area (Å²) >= 11 is 6.77. The number of rotatable bonds is 4. The molecule has 2 unspecified atom stereocenters. The van der Waals surface area contributed by atoms with Crippen LogP contribution in [-0.4, -0.2) is 52.0 Å². The Morgan fingerprint density at radius 3 is 2.75 bits per heavy atom. The number of ether oxygens (including phenoxy) is 1. The first-order valence-electron chi connectivity index (χ1n) is 11.1. The number of piperidine rings is 1. The van der Waals surface area contributed by atoms with Gasteiger partial charge in [-0.05, 0) is 50.2 Å². The monoisotopic (exact) mass is 472 g/mol. The molecule has 3 fully saturated rings. The average molecular weight is 473 g/mol. The van der Waals surface area contributed by atoms with Gasteiger partial charge in [0.05, 0.1) is 17.6 Å². The third-order valence-electron chi connectivity index (χ3n) is 6.48. The Morgan fingerprint density at radius 1 is 1.31 bits per heavy atom. The molecule has 3 aliphatic rings. The normalized spacial score (nSPS) is 25.1. The van der Waals surface area contributed by atoms with Crippen molar-refractivity contribution in [1.82, 2.24) is 9.47 Å². The summed E-state index contributed by atoms with van der Waals surface area (Å²) in [5.74, 6) is 1.13. The maximum Gasteiger partial charge on any atom is 0.270 e. The predicted molar refractivity (Wildman–Crippen MR) is 131 cm³/mol. The van der Waals surface area contributed by atoms with Gasteiger partial charge in [-0.1, -0.05) is 30.9 Å².